The number of aliphatic hydroxyl groups excluding tert-OH is 1. The summed E-state index contributed by atoms with van der Waals surface area (Å²) < 4.78 is 5.37. The Bertz CT molecular complexity index is 453. The molecule has 0 aliphatic heterocycles. The van der Waals surface area contributed by atoms with E-state index in [9.17, 15) is 5.11 Å². The number of hydrogen-bond donors (Lipinski definition) is 1. The Balaban J connectivity index is 1.93. The molecule has 17 heavy (non-hydrogen) atoms. The van der Waals surface area contributed by atoms with Gasteiger partial charge < -0.3 is 9.84 Å². The molecule has 0 fully saturated rings. The minimum absolute atomic E-state index is 0.380. The first-order chi connectivity index (χ1) is 8.25. The van der Waals surface area contributed by atoms with Crippen LogP contribution in [0.3, 0.4) is 0 Å². The zero-order valence-electron chi connectivity index (χ0n) is 9.21. The Kier molecular flexibility index (Phi) is 4.15. The Labute approximate surface area is 105 Å². The van der Waals surface area contributed by atoms with E-state index in [1.807, 2.05) is 30.3 Å². The first kappa shape index (κ1) is 12.1. The molecule has 1 N–H and O–H groups in total. The van der Waals surface area contributed by atoms with E-state index in [-0.39, 0.29) is 0 Å². The average Bonchev–Trinajstić information content (AvgIpc) is 2.38. The van der Waals surface area contributed by atoms with E-state index in [1.165, 1.54) is 0 Å². The molecule has 0 aliphatic carbocycles. The molecule has 0 aliphatic rings. The van der Waals surface area contributed by atoms with Crippen molar-refractivity contribution in [3.63, 3.8) is 0 Å². The number of halogens is 1. The van der Waals surface area contributed by atoms with E-state index in [0.717, 1.165) is 5.56 Å². The predicted octanol–water partition coefficient (Wildman–Crippen LogP) is 3.55. The minimum atomic E-state index is -0.924. The summed E-state index contributed by atoms with van der Waals surface area (Å²) in [5, 5.41) is 10.5. The van der Waals surface area contributed by atoms with Crippen LogP contribution in [0.15, 0.2) is 54.6 Å². The first-order valence-electron chi connectivity index (χ1n) is 5.35. The third kappa shape index (κ3) is 3.56. The van der Waals surface area contributed by atoms with Gasteiger partial charge in [0.05, 0.1) is 6.61 Å². The van der Waals surface area contributed by atoms with Gasteiger partial charge in [0.1, 0.15) is 0 Å². The highest BCUT2D eigenvalue weighted by Crippen LogP contribution is 2.18. The van der Waals surface area contributed by atoms with Crippen LogP contribution in [-0.4, -0.2) is 5.11 Å². The molecule has 2 nitrogen and oxygen atoms in total. The van der Waals surface area contributed by atoms with Gasteiger partial charge in [-0.1, -0.05) is 54.1 Å². The molecule has 3 heteroatoms. The second-order valence-electron chi connectivity index (χ2n) is 3.70. The summed E-state index contributed by atoms with van der Waals surface area (Å²) in [6.07, 6.45) is -0.924. The minimum Gasteiger partial charge on any atom is -0.364 e. The van der Waals surface area contributed by atoms with Crippen LogP contribution >= 0.6 is 11.6 Å². The number of hydrogen-bond acceptors (Lipinski definition) is 2. The fraction of sp³-hybridized carbons (Fsp3) is 0.143. The van der Waals surface area contributed by atoms with Crippen LogP contribution in [0, 0.1) is 0 Å². The lowest BCUT2D eigenvalue weighted by molar-refractivity contribution is -0.111. The maximum atomic E-state index is 9.81. The summed E-state index contributed by atoms with van der Waals surface area (Å²) in [4.78, 5) is 0. The third-order valence-corrected chi connectivity index (χ3v) is 2.66. The van der Waals surface area contributed by atoms with Gasteiger partial charge in [-0.25, -0.2) is 0 Å². The molecule has 0 unspecified atom stereocenters. The van der Waals surface area contributed by atoms with Crippen molar-refractivity contribution in [2.75, 3.05) is 0 Å². The molecule has 1 atom stereocenters. The van der Waals surface area contributed by atoms with Crippen molar-refractivity contribution < 1.29 is 9.84 Å². The summed E-state index contributed by atoms with van der Waals surface area (Å²) in [6, 6.07) is 16.7. The van der Waals surface area contributed by atoms with E-state index in [2.05, 4.69) is 0 Å². The lowest BCUT2D eigenvalue weighted by Crippen LogP contribution is -2.03. The van der Waals surface area contributed by atoms with Gasteiger partial charge in [-0.3, -0.25) is 0 Å². The number of benzene rings is 2. The van der Waals surface area contributed by atoms with E-state index in [0.29, 0.717) is 17.2 Å². The van der Waals surface area contributed by atoms with Crippen LogP contribution < -0.4 is 0 Å². The summed E-state index contributed by atoms with van der Waals surface area (Å²) in [7, 11) is 0. The summed E-state index contributed by atoms with van der Waals surface area (Å²) >= 11 is 5.77. The smallest absolute Gasteiger partial charge is 0.181 e. The molecule has 2 aromatic carbocycles. The number of ether oxygens (including phenoxy) is 1. The summed E-state index contributed by atoms with van der Waals surface area (Å²) in [5.41, 5.74) is 1.73. The van der Waals surface area contributed by atoms with Gasteiger partial charge in [-0.15, -0.1) is 0 Å². The normalized spacial score (nSPS) is 12.4. The Hall–Kier alpha value is -1.35. The van der Waals surface area contributed by atoms with Crippen LogP contribution in [-0.2, 0) is 11.3 Å². The summed E-state index contributed by atoms with van der Waals surface area (Å²) in [5.74, 6) is 0. The Morgan fingerprint density at radius 2 is 1.65 bits per heavy atom. The molecule has 0 radical (unpaired) electrons. The second kappa shape index (κ2) is 5.82. The van der Waals surface area contributed by atoms with Gasteiger partial charge >= 0.3 is 0 Å². The van der Waals surface area contributed by atoms with Crippen molar-refractivity contribution in [2.24, 2.45) is 0 Å². The molecule has 0 saturated heterocycles. The zero-order chi connectivity index (χ0) is 12.1. The highest BCUT2D eigenvalue weighted by molar-refractivity contribution is 6.30. The fourth-order valence-electron chi connectivity index (χ4n) is 1.47. The highest BCUT2D eigenvalue weighted by Gasteiger charge is 2.07. The quantitative estimate of drug-likeness (QED) is 0.839. The van der Waals surface area contributed by atoms with Crippen molar-refractivity contribution >= 4 is 11.6 Å². The lowest BCUT2D eigenvalue weighted by Gasteiger charge is -2.12. The Morgan fingerprint density at radius 1 is 1.00 bits per heavy atom. The molecule has 2 rings (SSSR count). The molecule has 2 aromatic rings. The first-order valence-corrected chi connectivity index (χ1v) is 5.72. The largest absolute Gasteiger partial charge is 0.364 e. The van der Waals surface area contributed by atoms with Crippen LogP contribution in [0.5, 0.6) is 0 Å². The van der Waals surface area contributed by atoms with Crippen LogP contribution in [0.2, 0.25) is 5.02 Å². The van der Waals surface area contributed by atoms with Gasteiger partial charge in [0, 0.05) is 10.6 Å². The molecule has 0 heterocycles. The monoisotopic (exact) mass is 248 g/mol. The zero-order valence-corrected chi connectivity index (χ0v) is 9.97. The lowest BCUT2D eigenvalue weighted by atomic mass is 10.2. The van der Waals surface area contributed by atoms with Crippen LogP contribution in [0.4, 0.5) is 0 Å². The fourth-order valence-corrected chi connectivity index (χ4v) is 1.60. The van der Waals surface area contributed by atoms with E-state index in [4.69, 9.17) is 16.3 Å². The SMILES string of the molecule is O[C@@H](OCc1ccccc1)c1ccc(Cl)cc1. The van der Waals surface area contributed by atoms with Gasteiger partial charge in [-0.05, 0) is 17.7 Å². The number of rotatable bonds is 4. The topological polar surface area (TPSA) is 29.5 Å². The van der Waals surface area contributed by atoms with Crippen LogP contribution in [0.1, 0.15) is 17.4 Å². The Morgan fingerprint density at radius 3 is 2.29 bits per heavy atom. The summed E-state index contributed by atoms with van der Waals surface area (Å²) in [6.45, 7) is 0.380. The molecule has 0 aromatic heterocycles. The highest BCUT2D eigenvalue weighted by atomic mass is 35.5. The molecule has 0 amide bonds. The average molecular weight is 249 g/mol. The molecular formula is C14H13ClO2. The van der Waals surface area contributed by atoms with Crippen LogP contribution in [0.25, 0.3) is 0 Å². The number of aliphatic hydroxyl groups is 1. The molecule has 88 valence electrons. The van der Waals surface area contributed by atoms with Gasteiger partial charge in [0.25, 0.3) is 0 Å². The van der Waals surface area contributed by atoms with Gasteiger partial charge in [0.2, 0.25) is 0 Å². The van der Waals surface area contributed by atoms with Crippen molar-refractivity contribution in [1.82, 2.24) is 0 Å². The maximum Gasteiger partial charge on any atom is 0.181 e. The van der Waals surface area contributed by atoms with Crippen molar-refractivity contribution in [1.29, 1.82) is 0 Å². The van der Waals surface area contributed by atoms with Crippen molar-refractivity contribution in [2.45, 2.75) is 12.9 Å². The molecule has 0 saturated carbocycles. The van der Waals surface area contributed by atoms with E-state index >= 15 is 0 Å². The third-order valence-electron chi connectivity index (χ3n) is 2.41. The predicted molar refractivity (Wildman–Crippen MR) is 67.6 cm³/mol. The molecule has 0 spiro atoms. The van der Waals surface area contributed by atoms with E-state index in [1.54, 1.807) is 24.3 Å². The van der Waals surface area contributed by atoms with E-state index < -0.39 is 6.29 Å². The van der Waals surface area contributed by atoms with Gasteiger partial charge in [-0.2, -0.15) is 0 Å². The standard InChI is InChI=1S/C14H13ClO2/c15-13-8-6-12(7-9-13)14(16)17-10-11-4-2-1-3-5-11/h1-9,14,16H,10H2/t14-/m0/s1. The van der Waals surface area contributed by atoms with Gasteiger partial charge in [0.15, 0.2) is 6.29 Å². The van der Waals surface area contributed by atoms with Crippen molar-refractivity contribution in [3.8, 4) is 0 Å². The molecule has 0 bridgehead atoms. The molecular weight excluding hydrogens is 236 g/mol. The second-order valence-corrected chi connectivity index (χ2v) is 4.14. The van der Waals surface area contributed by atoms with Crippen molar-refractivity contribution in [3.05, 3.63) is 70.7 Å². The maximum absolute atomic E-state index is 9.81.